The fraction of sp³-hybridized carbons (Fsp3) is 0.333. The van der Waals surface area contributed by atoms with Crippen LogP contribution in [0, 0.1) is 19.8 Å². The fourth-order valence-corrected chi connectivity index (χ4v) is 3.49. The highest BCUT2D eigenvalue weighted by atomic mass is 16.6. The van der Waals surface area contributed by atoms with Gasteiger partial charge in [0.15, 0.2) is 0 Å². The predicted molar refractivity (Wildman–Crippen MR) is 98.0 cm³/mol. The summed E-state index contributed by atoms with van der Waals surface area (Å²) in [6.45, 7) is 4.67. The lowest BCUT2D eigenvalue weighted by molar-refractivity contribution is -0.141. The number of carbonyl (C=O) groups is 2. The van der Waals surface area contributed by atoms with Gasteiger partial charge >= 0.3 is 12.1 Å². The third kappa shape index (κ3) is 3.87. The molecule has 2 aromatic carbocycles. The van der Waals surface area contributed by atoms with Crippen LogP contribution < -0.4 is 0 Å². The van der Waals surface area contributed by atoms with E-state index in [0.29, 0.717) is 6.54 Å². The molecule has 1 heterocycles. The van der Waals surface area contributed by atoms with Crippen LogP contribution in [0.15, 0.2) is 48.5 Å². The lowest BCUT2D eigenvalue weighted by atomic mass is 9.86. The summed E-state index contributed by atoms with van der Waals surface area (Å²) in [6.07, 6.45) is -0.465. The largest absolute Gasteiger partial charge is 0.481 e. The zero-order valence-corrected chi connectivity index (χ0v) is 15.0. The highest BCUT2D eigenvalue weighted by molar-refractivity contribution is 5.76. The van der Waals surface area contributed by atoms with Gasteiger partial charge in [0, 0.05) is 19.0 Å². The molecule has 136 valence electrons. The molecule has 0 aromatic heterocycles. The maximum Gasteiger partial charge on any atom is 0.410 e. The van der Waals surface area contributed by atoms with Gasteiger partial charge in [-0.25, -0.2) is 4.79 Å². The molecule has 2 unspecified atom stereocenters. The Kier molecular flexibility index (Phi) is 5.26. The lowest BCUT2D eigenvalue weighted by Crippen LogP contribution is -2.30. The van der Waals surface area contributed by atoms with Gasteiger partial charge in [0.05, 0.1) is 5.92 Å². The van der Waals surface area contributed by atoms with Crippen molar-refractivity contribution in [3.8, 4) is 0 Å². The van der Waals surface area contributed by atoms with Crippen molar-refractivity contribution in [2.45, 2.75) is 26.4 Å². The summed E-state index contributed by atoms with van der Waals surface area (Å²) in [5.41, 5.74) is 4.03. The van der Waals surface area contributed by atoms with Crippen molar-refractivity contribution < 1.29 is 19.4 Å². The second kappa shape index (κ2) is 7.60. The molecule has 0 saturated carbocycles. The maximum atomic E-state index is 12.4. The molecule has 0 spiro atoms. The first-order valence-electron chi connectivity index (χ1n) is 8.71. The number of carboxylic acid groups (broad SMARTS) is 1. The zero-order valence-electron chi connectivity index (χ0n) is 15.0. The molecule has 0 aliphatic carbocycles. The molecule has 5 nitrogen and oxygen atoms in total. The quantitative estimate of drug-likeness (QED) is 0.909. The number of benzene rings is 2. The first-order chi connectivity index (χ1) is 12.5. The number of carboxylic acids is 1. The van der Waals surface area contributed by atoms with Crippen LogP contribution in [0.2, 0.25) is 0 Å². The smallest absolute Gasteiger partial charge is 0.410 e. The average molecular weight is 353 g/mol. The molecule has 1 amide bonds. The van der Waals surface area contributed by atoms with Gasteiger partial charge in [0.2, 0.25) is 0 Å². The molecule has 0 radical (unpaired) electrons. The molecule has 1 saturated heterocycles. The van der Waals surface area contributed by atoms with Gasteiger partial charge in [0.25, 0.3) is 0 Å². The number of ether oxygens (including phenoxy) is 1. The van der Waals surface area contributed by atoms with Crippen molar-refractivity contribution in [1.82, 2.24) is 4.90 Å². The van der Waals surface area contributed by atoms with E-state index in [1.807, 2.05) is 62.4 Å². The van der Waals surface area contributed by atoms with Crippen molar-refractivity contribution in [2.75, 3.05) is 13.1 Å². The monoisotopic (exact) mass is 353 g/mol. The Labute approximate surface area is 153 Å². The molecule has 2 aromatic rings. The van der Waals surface area contributed by atoms with E-state index >= 15 is 0 Å². The Balaban J connectivity index is 1.73. The molecule has 1 N–H and O–H groups in total. The van der Waals surface area contributed by atoms with Gasteiger partial charge in [-0.3, -0.25) is 4.79 Å². The summed E-state index contributed by atoms with van der Waals surface area (Å²) >= 11 is 0. The Morgan fingerprint density at radius 3 is 2.54 bits per heavy atom. The van der Waals surface area contributed by atoms with Crippen LogP contribution in [0.4, 0.5) is 4.79 Å². The van der Waals surface area contributed by atoms with Crippen LogP contribution in [0.25, 0.3) is 0 Å². The van der Waals surface area contributed by atoms with E-state index in [4.69, 9.17) is 4.74 Å². The zero-order chi connectivity index (χ0) is 18.7. The van der Waals surface area contributed by atoms with E-state index in [0.717, 1.165) is 22.3 Å². The minimum absolute atomic E-state index is 0.168. The number of rotatable bonds is 4. The minimum Gasteiger partial charge on any atom is -0.481 e. The van der Waals surface area contributed by atoms with E-state index in [9.17, 15) is 14.7 Å². The summed E-state index contributed by atoms with van der Waals surface area (Å²) in [6, 6.07) is 15.5. The summed E-state index contributed by atoms with van der Waals surface area (Å²) in [4.78, 5) is 25.7. The number of likely N-dealkylation sites (tertiary alicyclic amines) is 1. The Morgan fingerprint density at radius 2 is 1.85 bits per heavy atom. The first-order valence-corrected chi connectivity index (χ1v) is 8.71. The highest BCUT2D eigenvalue weighted by Gasteiger charge is 2.41. The van der Waals surface area contributed by atoms with Gasteiger partial charge < -0.3 is 14.7 Å². The van der Waals surface area contributed by atoms with Gasteiger partial charge in [-0.15, -0.1) is 0 Å². The normalized spacial score (nSPS) is 19.4. The lowest BCUT2D eigenvalue weighted by Gasteiger charge is -2.18. The van der Waals surface area contributed by atoms with Crippen molar-refractivity contribution >= 4 is 12.1 Å². The van der Waals surface area contributed by atoms with E-state index in [1.165, 1.54) is 4.90 Å². The van der Waals surface area contributed by atoms with E-state index in [2.05, 4.69) is 0 Å². The Bertz CT molecular complexity index is 803. The molecule has 26 heavy (non-hydrogen) atoms. The maximum absolute atomic E-state index is 12.4. The predicted octanol–water partition coefficient (Wildman–Crippen LogP) is 3.74. The highest BCUT2D eigenvalue weighted by Crippen LogP contribution is 2.35. The van der Waals surface area contributed by atoms with Crippen molar-refractivity contribution in [2.24, 2.45) is 5.92 Å². The van der Waals surface area contributed by atoms with Crippen LogP contribution in [0.5, 0.6) is 0 Å². The number of aryl methyl sites for hydroxylation is 2. The van der Waals surface area contributed by atoms with Crippen LogP contribution in [-0.4, -0.2) is 35.2 Å². The number of carbonyl (C=O) groups excluding carboxylic acids is 1. The second-order valence-corrected chi connectivity index (χ2v) is 6.86. The van der Waals surface area contributed by atoms with Crippen molar-refractivity contribution in [1.29, 1.82) is 0 Å². The van der Waals surface area contributed by atoms with Crippen molar-refractivity contribution in [3.63, 3.8) is 0 Å². The summed E-state index contributed by atoms with van der Waals surface area (Å²) < 4.78 is 5.37. The second-order valence-electron chi connectivity index (χ2n) is 6.86. The molecular weight excluding hydrogens is 330 g/mol. The number of nitrogens with zero attached hydrogens (tertiary/aromatic N) is 1. The first kappa shape index (κ1) is 18.0. The average Bonchev–Trinajstić information content (AvgIpc) is 3.08. The topological polar surface area (TPSA) is 66.8 Å². The van der Waals surface area contributed by atoms with Crippen LogP contribution in [0.1, 0.15) is 28.2 Å². The van der Waals surface area contributed by atoms with Crippen LogP contribution >= 0.6 is 0 Å². The molecule has 1 fully saturated rings. The third-order valence-electron chi connectivity index (χ3n) is 4.93. The SMILES string of the molecule is Cc1ccc(C)c(C2CN(C(=O)OCc3ccccc3)CC2C(=O)O)c1. The molecular formula is C21H23NO4. The molecule has 3 rings (SSSR count). The summed E-state index contributed by atoms with van der Waals surface area (Å²) in [5.74, 6) is -1.73. The molecule has 2 atom stereocenters. The van der Waals surface area contributed by atoms with Crippen LogP contribution in [0.3, 0.4) is 0 Å². The standard InChI is InChI=1S/C21H23NO4/c1-14-8-9-15(2)17(10-14)18-11-22(12-19(18)20(23)24)21(25)26-13-16-6-4-3-5-7-16/h3-10,18-19H,11-13H2,1-2H3,(H,23,24). The number of hydrogen-bond acceptors (Lipinski definition) is 3. The third-order valence-corrected chi connectivity index (χ3v) is 4.93. The van der Waals surface area contributed by atoms with E-state index < -0.39 is 18.0 Å². The van der Waals surface area contributed by atoms with E-state index in [-0.39, 0.29) is 19.1 Å². The number of amides is 1. The number of aliphatic carboxylic acids is 1. The summed E-state index contributed by atoms with van der Waals surface area (Å²) in [5, 5.41) is 9.63. The number of hydrogen-bond donors (Lipinski definition) is 1. The minimum atomic E-state index is -0.880. The van der Waals surface area contributed by atoms with Crippen molar-refractivity contribution in [3.05, 3.63) is 70.8 Å². The Hall–Kier alpha value is -2.82. The van der Waals surface area contributed by atoms with Gasteiger partial charge in [0.1, 0.15) is 6.61 Å². The molecule has 1 aliphatic heterocycles. The van der Waals surface area contributed by atoms with Crippen LogP contribution in [-0.2, 0) is 16.1 Å². The van der Waals surface area contributed by atoms with Gasteiger partial charge in [-0.1, -0.05) is 54.1 Å². The van der Waals surface area contributed by atoms with E-state index in [1.54, 1.807) is 0 Å². The van der Waals surface area contributed by atoms with Gasteiger partial charge in [-0.2, -0.15) is 0 Å². The molecule has 5 heteroatoms. The Morgan fingerprint density at radius 1 is 1.12 bits per heavy atom. The van der Waals surface area contributed by atoms with Gasteiger partial charge in [-0.05, 0) is 30.5 Å². The summed E-state index contributed by atoms with van der Waals surface area (Å²) in [7, 11) is 0. The molecule has 1 aliphatic rings. The molecule has 0 bridgehead atoms. The fourth-order valence-electron chi connectivity index (χ4n) is 3.49.